The predicted octanol–water partition coefficient (Wildman–Crippen LogP) is 25.1. The van der Waals surface area contributed by atoms with Crippen LogP contribution in [0, 0.1) is 0 Å². The summed E-state index contributed by atoms with van der Waals surface area (Å²) in [5, 5.41) is 6.89. The van der Waals surface area contributed by atoms with Crippen molar-refractivity contribution in [2.24, 2.45) is 0 Å². The molecule has 0 unspecified atom stereocenters. The number of benzene rings is 12. The zero-order chi connectivity index (χ0) is 63.3. The van der Waals surface area contributed by atoms with E-state index in [4.69, 9.17) is 5.73 Å². The van der Waals surface area contributed by atoms with Crippen LogP contribution in [0.4, 0.5) is 39.8 Å². The fourth-order valence-corrected chi connectivity index (χ4v) is 12.2. The van der Waals surface area contributed by atoms with Gasteiger partial charge in [-0.2, -0.15) is 0 Å². The normalized spacial score (nSPS) is 11.4. The predicted molar refractivity (Wildman–Crippen MR) is 400 cm³/mol. The van der Waals surface area contributed by atoms with Crippen molar-refractivity contribution >= 4 is 87.6 Å². The summed E-state index contributed by atoms with van der Waals surface area (Å²) in [4.78, 5) is 2.33. The van der Waals surface area contributed by atoms with Crippen LogP contribution in [0.15, 0.2) is 323 Å². The number of nitrogens with zero attached hydrogens (tertiary/aromatic N) is 1. The summed E-state index contributed by atoms with van der Waals surface area (Å²) in [7, 11) is 0. The maximum Gasteiger partial charge on any atom is 0.0475 e. The van der Waals surface area contributed by atoms with Gasteiger partial charge in [0.25, 0.3) is 0 Å². The Morgan fingerprint density at radius 1 is 0.356 bits per heavy atom. The quantitative estimate of drug-likeness (QED) is 0.126. The van der Waals surface area contributed by atoms with Crippen LogP contribution < -0.4 is 21.3 Å². The average Bonchev–Trinajstić information content (AvgIpc) is 1.01. The maximum absolute atomic E-state index is 5.70. The summed E-state index contributed by atoms with van der Waals surface area (Å²) < 4.78 is 3.34. The number of nitrogens with two attached hydrogens (primary N) is 1. The van der Waals surface area contributed by atoms with Gasteiger partial charge in [0.15, 0.2) is 0 Å². The van der Waals surface area contributed by atoms with Gasteiger partial charge in [0, 0.05) is 59.8 Å². The third-order valence-corrected chi connectivity index (χ3v) is 16.5. The first-order valence-electron chi connectivity index (χ1n) is 30.6. The Bertz CT molecular complexity index is 4130. The van der Waals surface area contributed by atoms with Crippen molar-refractivity contribution in [2.45, 2.75) is 65.2 Å². The van der Waals surface area contributed by atoms with Crippen molar-refractivity contribution in [3.05, 3.63) is 339 Å². The average molecular weight is 1370 g/mol. The first-order chi connectivity index (χ1) is 43.5. The van der Waals surface area contributed by atoms with Crippen LogP contribution in [-0.4, -0.2) is 6.54 Å². The first kappa shape index (κ1) is 65.7. The lowest BCUT2D eigenvalue weighted by Gasteiger charge is -2.28. The van der Waals surface area contributed by atoms with Gasteiger partial charge in [-0.15, -0.1) is 0 Å². The lowest BCUT2D eigenvalue weighted by atomic mass is 9.87. The number of para-hydroxylation sites is 2. The highest BCUT2D eigenvalue weighted by atomic mass is 79.9. The Morgan fingerprint density at radius 3 is 1.30 bits per heavy atom. The van der Waals surface area contributed by atoms with E-state index in [1.807, 2.05) is 60.7 Å². The summed E-state index contributed by atoms with van der Waals surface area (Å²) in [6.07, 6.45) is 2.42. The van der Waals surface area contributed by atoms with Crippen LogP contribution in [0.5, 0.6) is 0 Å². The zero-order valence-corrected chi connectivity index (χ0v) is 57.0. The molecule has 13 rings (SSSR count). The van der Waals surface area contributed by atoms with E-state index in [1.54, 1.807) is 0 Å². The highest BCUT2D eigenvalue weighted by Gasteiger charge is 2.20. The van der Waals surface area contributed by atoms with E-state index in [-0.39, 0.29) is 10.8 Å². The summed E-state index contributed by atoms with van der Waals surface area (Å²) in [6, 6.07) is 107. The number of fused-ring (bicyclic) bond motifs is 1. The molecule has 1 aliphatic heterocycles. The molecule has 12 aromatic rings. The van der Waals surface area contributed by atoms with Gasteiger partial charge < -0.3 is 21.3 Å². The Morgan fingerprint density at radius 2 is 0.767 bits per heavy atom. The van der Waals surface area contributed by atoms with Crippen molar-refractivity contribution in [1.29, 1.82) is 0 Å². The molecule has 12 aromatic carbocycles. The van der Waals surface area contributed by atoms with Crippen LogP contribution in [0.2, 0.25) is 0 Å². The SMILES string of the molecule is CC(C)(C)c1cc(Br)cc(Br)c1.CC(C)(C)c1cc(Br)cc(N(c2ccccc2)c2cccc(-c3ccccc3)c2)c1.Nc1cccc(-c2ccccc2)c1.c1ccc(-c2cccc3c2CCCN3)cc1.c1ccc(Nc2cccc(-c3ccccc3)c2)cc1. The molecule has 0 spiro atoms. The topological polar surface area (TPSA) is 53.3 Å². The van der Waals surface area contributed by atoms with E-state index >= 15 is 0 Å². The van der Waals surface area contributed by atoms with Gasteiger partial charge in [0.1, 0.15) is 0 Å². The summed E-state index contributed by atoms with van der Waals surface area (Å²) >= 11 is 10.7. The van der Waals surface area contributed by atoms with E-state index in [0.29, 0.717) is 0 Å². The molecule has 90 heavy (non-hydrogen) atoms. The molecule has 1 aliphatic rings. The maximum atomic E-state index is 5.70. The van der Waals surface area contributed by atoms with Gasteiger partial charge in [-0.05, 0) is 188 Å². The summed E-state index contributed by atoms with van der Waals surface area (Å²) in [6.45, 7) is 14.5. The molecule has 0 amide bonds. The number of nitrogen functional groups attached to an aromatic ring is 1. The molecular weight excluding hydrogens is 1290 g/mol. The van der Waals surface area contributed by atoms with Crippen molar-refractivity contribution < 1.29 is 0 Å². The third-order valence-electron chi connectivity index (χ3n) is 15.2. The molecular formula is C83H79Br3N4. The van der Waals surface area contributed by atoms with Crippen molar-refractivity contribution in [1.82, 2.24) is 0 Å². The van der Waals surface area contributed by atoms with E-state index in [1.165, 1.54) is 79.7 Å². The van der Waals surface area contributed by atoms with Crippen molar-refractivity contribution in [2.75, 3.05) is 27.8 Å². The standard InChI is InChI=1S/C28H26BrN.C18H15N.C15H15N.C12H11N.C10H12Br2/c1-28(2,3)23-18-24(29)20-27(19-23)30(25-14-8-5-9-15-25)26-16-10-13-22(17-26)21-11-6-4-7-12-21;1-3-8-15(9-4-1)16-10-7-13-18(14-16)19-17-11-5-2-6-12-17;1-2-6-12(7-3-1)13-8-4-10-15-14(13)9-5-11-16-15;13-12-8-4-7-11(9-12)10-5-2-1-3-6-10;1-10(2,3)7-4-8(11)6-9(12)5-7/h4-20H,1-3H3;1-14,19H;1-4,6-8,10,16H,5,9,11H2;1-9H,13H2;4-6H,1-3H3. The second kappa shape index (κ2) is 32.1. The molecule has 4 N–H and O–H groups in total. The van der Waals surface area contributed by atoms with Crippen LogP contribution in [0.25, 0.3) is 44.5 Å². The number of halogens is 3. The summed E-state index contributed by atoms with van der Waals surface area (Å²) in [5.41, 5.74) is 27.8. The molecule has 0 aromatic heterocycles. The van der Waals surface area contributed by atoms with Crippen LogP contribution in [0.3, 0.4) is 0 Å². The fraction of sp³-hybridized carbons (Fsp3) is 0.133. The fourth-order valence-electron chi connectivity index (χ4n) is 10.4. The van der Waals surface area contributed by atoms with Gasteiger partial charge in [0.2, 0.25) is 0 Å². The minimum absolute atomic E-state index is 0.0623. The molecule has 0 atom stereocenters. The largest absolute Gasteiger partial charge is 0.399 e. The molecule has 452 valence electrons. The van der Waals surface area contributed by atoms with E-state index in [2.05, 4.69) is 354 Å². The number of hydrogen-bond acceptors (Lipinski definition) is 4. The smallest absolute Gasteiger partial charge is 0.0475 e. The molecule has 0 bridgehead atoms. The summed E-state index contributed by atoms with van der Waals surface area (Å²) in [5.74, 6) is 0. The highest BCUT2D eigenvalue weighted by Crippen LogP contribution is 2.40. The molecule has 0 saturated heterocycles. The number of hydrogen-bond donors (Lipinski definition) is 3. The van der Waals surface area contributed by atoms with Gasteiger partial charge in [0.05, 0.1) is 0 Å². The molecule has 0 radical (unpaired) electrons. The molecule has 7 heteroatoms. The van der Waals surface area contributed by atoms with Gasteiger partial charge in [-0.25, -0.2) is 0 Å². The minimum Gasteiger partial charge on any atom is -0.399 e. The Kier molecular flexibility index (Phi) is 23.5. The van der Waals surface area contributed by atoms with Crippen molar-refractivity contribution in [3.63, 3.8) is 0 Å². The molecule has 4 nitrogen and oxygen atoms in total. The Hall–Kier alpha value is -8.72. The van der Waals surface area contributed by atoms with E-state index in [0.717, 1.165) is 54.1 Å². The number of nitrogens with one attached hydrogen (secondary N) is 2. The van der Waals surface area contributed by atoms with Gasteiger partial charge in [-0.1, -0.05) is 296 Å². The van der Waals surface area contributed by atoms with Crippen LogP contribution in [0.1, 0.15) is 64.7 Å². The molecule has 0 fully saturated rings. The number of anilines is 7. The second-order valence-corrected chi connectivity index (χ2v) is 26.8. The monoisotopic (exact) mass is 1370 g/mol. The minimum atomic E-state index is 0.0623. The van der Waals surface area contributed by atoms with E-state index < -0.39 is 0 Å². The van der Waals surface area contributed by atoms with Crippen molar-refractivity contribution in [3.8, 4) is 44.5 Å². The van der Waals surface area contributed by atoms with Gasteiger partial charge >= 0.3 is 0 Å². The second-order valence-electron chi connectivity index (χ2n) is 24.1. The molecule has 0 aliphatic carbocycles. The Balaban J connectivity index is 0.000000140. The van der Waals surface area contributed by atoms with Gasteiger partial charge in [-0.3, -0.25) is 0 Å². The lowest BCUT2D eigenvalue weighted by molar-refractivity contribution is 0.589. The molecule has 1 heterocycles. The number of rotatable bonds is 9. The highest BCUT2D eigenvalue weighted by molar-refractivity contribution is 9.11. The first-order valence-corrected chi connectivity index (χ1v) is 33.0. The third kappa shape index (κ3) is 19.4. The zero-order valence-electron chi connectivity index (χ0n) is 52.2. The lowest BCUT2D eigenvalue weighted by Crippen LogP contribution is -2.14. The van der Waals surface area contributed by atoms with E-state index in [9.17, 15) is 0 Å². The Labute approximate surface area is 560 Å². The van der Waals surface area contributed by atoms with Crippen LogP contribution >= 0.6 is 47.8 Å². The van der Waals surface area contributed by atoms with Crippen LogP contribution in [-0.2, 0) is 17.3 Å². The molecule has 0 saturated carbocycles.